The summed E-state index contributed by atoms with van der Waals surface area (Å²) in [5, 5.41) is 4.92. The van der Waals surface area contributed by atoms with E-state index in [0.717, 1.165) is 11.0 Å². The van der Waals surface area contributed by atoms with E-state index in [0.29, 0.717) is 25.5 Å². The highest BCUT2D eigenvalue weighted by atomic mass is 16.5. The summed E-state index contributed by atoms with van der Waals surface area (Å²) in [5.41, 5.74) is 1.43. The largest absolute Gasteiger partial charge is 0.377 e. The van der Waals surface area contributed by atoms with Gasteiger partial charge in [-0.3, -0.25) is 4.79 Å². The summed E-state index contributed by atoms with van der Waals surface area (Å²) in [6.07, 6.45) is 0.279. The number of carbonyl (C=O) groups is 1. The second-order valence-electron chi connectivity index (χ2n) is 4.81. The minimum absolute atomic E-state index is 0.0786. The van der Waals surface area contributed by atoms with Crippen LogP contribution in [0.5, 0.6) is 0 Å². The quantitative estimate of drug-likeness (QED) is 0.823. The molecule has 0 radical (unpaired) electrons. The molecule has 1 aliphatic rings. The maximum absolute atomic E-state index is 12.3. The zero-order chi connectivity index (χ0) is 13.2. The fourth-order valence-electron chi connectivity index (χ4n) is 2.41. The Morgan fingerprint density at radius 3 is 3.16 bits per heavy atom. The van der Waals surface area contributed by atoms with Crippen molar-refractivity contribution >= 4 is 16.9 Å². The number of para-hydroxylation sites is 1. The SMILES string of the molecule is C[C@H]1COCCN1C(=O)Cc1noc2ccccc12. The number of benzene rings is 1. The van der Waals surface area contributed by atoms with Crippen LogP contribution in [0.1, 0.15) is 12.6 Å². The first kappa shape index (κ1) is 12.2. The topological polar surface area (TPSA) is 55.6 Å². The summed E-state index contributed by atoms with van der Waals surface area (Å²) in [7, 11) is 0. The van der Waals surface area contributed by atoms with Crippen LogP contribution in [0.25, 0.3) is 11.0 Å². The zero-order valence-corrected chi connectivity index (χ0v) is 10.8. The molecule has 0 spiro atoms. The highest BCUT2D eigenvalue weighted by Crippen LogP contribution is 2.19. The van der Waals surface area contributed by atoms with Gasteiger partial charge in [0.25, 0.3) is 0 Å². The zero-order valence-electron chi connectivity index (χ0n) is 10.8. The van der Waals surface area contributed by atoms with Crippen LogP contribution >= 0.6 is 0 Å². The minimum atomic E-state index is 0.0786. The number of amides is 1. The van der Waals surface area contributed by atoms with Crippen molar-refractivity contribution in [1.82, 2.24) is 10.1 Å². The predicted molar refractivity (Wildman–Crippen MR) is 69.7 cm³/mol. The van der Waals surface area contributed by atoms with Gasteiger partial charge in [-0.2, -0.15) is 0 Å². The second-order valence-corrected chi connectivity index (χ2v) is 4.81. The fourth-order valence-corrected chi connectivity index (χ4v) is 2.41. The van der Waals surface area contributed by atoms with Gasteiger partial charge in [-0.05, 0) is 19.1 Å². The van der Waals surface area contributed by atoms with E-state index in [1.807, 2.05) is 36.1 Å². The molecular weight excluding hydrogens is 244 g/mol. The van der Waals surface area contributed by atoms with Crippen molar-refractivity contribution in [3.05, 3.63) is 30.0 Å². The average Bonchev–Trinajstić information content (AvgIpc) is 2.83. The molecule has 2 aromatic rings. The first-order valence-electron chi connectivity index (χ1n) is 6.46. The van der Waals surface area contributed by atoms with Gasteiger partial charge in [0, 0.05) is 11.9 Å². The molecule has 0 saturated carbocycles. The maximum atomic E-state index is 12.3. The molecule has 1 amide bonds. The lowest BCUT2D eigenvalue weighted by atomic mass is 10.1. The van der Waals surface area contributed by atoms with Crippen LogP contribution in [0, 0.1) is 0 Å². The van der Waals surface area contributed by atoms with Gasteiger partial charge in [-0.1, -0.05) is 17.3 Å². The molecule has 1 saturated heterocycles. The van der Waals surface area contributed by atoms with Crippen LogP contribution in [0.4, 0.5) is 0 Å². The van der Waals surface area contributed by atoms with Gasteiger partial charge in [-0.25, -0.2) is 0 Å². The lowest BCUT2D eigenvalue weighted by Crippen LogP contribution is -2.47. The summed E-state index contributed by atoms with van der Waals surface area (Å²) in [6.45, 7) is 3.86. The standard InChI is InChI=1S/C14H16N2O3/c1-10-9-18-7-6-16(10)14(17)8-12-11-4-2-3-5-13(11)19-15-12/h2-5,10H,6-9H2,1H3/t10-/m0/s1. The summed E-state index contributed by atoms with van der Waals surface area (Å²) >= 11 is 0. The number of hydrogen-bond donors (Lipinski definition) is 0. The summed E-state index contributed by atoms with van der Waals surface area (Å²) in [5.74, 6) is 0.0786. The van der Waals surface area contributed by atoms with Crippen molar-refractivity contribution in [2.45, 2.75) is 19.4 Å². The van der Waals surface area contributed by atoms with E-state index < -0.39 is 0 Å². The van der Waals surface area contributed by atoms with Crippen LogP contribution in [-0.2, 0) is 16.0 Å². The number of fused-ring (bicyclic) bond motifs is 1. The Balaban J connectivity index is 1.79. The fraction of sp³-hybridized carbons (Fsp3) is 0.429. The number of ether oxygens (including phenoxy) is 1. The van der Waals surface area contributed by atoms with Gasteiger partial charge in [0.05, 0.1) is 25.7 Å². The van der Waals surface area contributed by atoms with Crippen molar-refractivity contribution < 1.29 is 14.1 Å². The molecular formula is C14H16N2O3. The molecule has 0 aliphatic carbocycles. The van der Waals surface area contributed by atoms with Crippen LogP contribution in [-0.4, -0.2) is 41.8 Å². The number of hydrogen-bond acceptors (Lipinski definition) is 4. The molecule has 0 unspecified atom stereocenters. The average molecular weight is 260 g/mol. The van der Waals surface area contributed by atoms with Crippen molar-refractivity contribution in [3.8, 4) is 0 Å². The molecule has 5 heteroatoms. The molecule has 19 heavy (non-hydrogen) atoms. The van der Waals surface area contributed by atoms with Crippen molar-refractivity contribution in [2.24, 2.45) is 0 Å². The number of morpholine rings is 1. The number of nitrogens with zero attached hydrogens (tertiary/aromatic N) is 2. The number of rotatable bonds is 2. The van der Waals surface area contributed by atoms with E-state index in [9.17, 15) is 4.79 Å². The van der Waals surface area contributed by atoms with Crippen LogP contribution in [0.3, 0.4) is 0 Å². The second kappa shape index (κ2) is 5.01. The first-order chi connectivity index (χ1) is 9.25. The van der Waals surface area contributed by atoms with Gasteiger partial charge in [0.1, 0.15) is 5.69 Å². The van der Waals surface area contributed by atoms with Crippen molar-refractivity contribution in [2.75, 3.05) is 19.8 Å². The third kappa shape index (κ3) is 2.33. The maximum Gasteiger partial charge on any atom is 0.229 e. The molecule has 0 bridgehead atoms. The van der Waals surface area contributed by atoms with Gasteiger partial charge in [-0.15, -0.1) is 0 Å². The van der Waals surface area contributed by atoms with E-state index in [-0.39, 0.29) is 18.4 Å². The Bertz CT molecular complexity index is 593. The van der Waals surface area contributed by atoms with Crippen molar-refractivity contribution in [1.29, 1.82) is 0 Å². The molecule has 0 N–H and O–H groups in total. The Kier molecular flexibility index (Phi) is 3.21. The minimum Gasteiger partial charge on any atom is -0.377 e. The van der Waals surface area contributed by atoms with Gasteiger partial charge >= 0.3 is 0 Å². The Morgan fingerprint density at radius 1 is 1.47 bits per heavy atom. The molecule has 1 aromatic carbocycles. The monoisotopic (exact) mass is 260 g/mol. The molecule has 2 heterocycles. The van der Waals surface area contributed by atoms with E-state index >= 15 is 0 Å². The number of aromatic nitrogens is 1. The van der Waals surface area contributed by atoms with Gasteiger partial charge < -0.3 is 14.2 Å². The van der Waals surface area contributed by atoms with Crippen LogP contribution < -0.4 is 0 Å². The molecule has 1 aromatic heterocycles. The third-order valence-electron chi connectivity index (χ3n) is 3.46. The summed E-state index contributed by atoms with van der Waals surface area (Å²) < 4.78 is 10.6. The van der Waals surface area contributed by atoms with E-state index in [4.69, 9.17) is 9.26 Å². The predicted octanol–water partition coefficient (Wildman–Crippen LogP) is 1.62. The third-order valence-corrected chi connectivity index (χ3v) is 3.46. The van der Waals surface area contributed by atoms with E-state index in [2.05, 4.69) is 5.16 Å². The summed E-state index contributed by atoms with van der Waals surface area (Å²) in [6, 6.07) is 7.72. The Morgan fingerprint density at radius 2 is 2.32 bits per heavy atom. The van der Waals surface area contributed by atoms with Gasteiger partial charge in [0.15, 0.2) is 5.58 Å². The highest BCUT2D eigenvalue weighted by Gasteiger charge is 2.25. The first-order valence-corrected chi connectivity index (χ1v) is 6.46. The lowest BCUT2D eigenvalue weighted by molar-refractivity contribution is -0.138. The number of carbonyl (C=O) groups excluding carboxylic acids is 1. The molecule has 1 aliphatic heterocycles. The molecule has 1 atom stereocenters. The van der Waals surface area contributed by atoms with Crippen molar-refractivity contribution in [3.63, 3.8) is 0 Å². The Labute approximate surface area is 111 Å². The molecule has 5 nitrogen and oxygen atoms in total. The smallest absolute Gasteiger partial charge is 0.229 e. The molecule has 1 fully saturated rings. The van der Waals surface area contributed by atoms with Crippen LogP contribution in [0.2, 0.25) is 0 Å². The van der Waals surface area contributed by atoms with Crippen LogP contribution in [0.15, 0.2) is 28.8 Å². The Hall–Kier alpha value is -1.88. The van der Waals surface area contributed by atoms with Gasteiger partial charge in [0.2, 0.25) is 5.91 Å². The molecule has 100 valence electrons. The normalized spacial score (nSPS) is 19.8. The molecule has 3 rings (SSSR count). The van der Waals surface area contributed by atoms with E-state index in [1.54, 1.807) is 0 Å². The van der Waals surface area contributed by atoms with E-state index in [1.165, 1.54) is 0 Å². The lowest BCUT2D eigenvalue weighted by Gasteiger charge is -2.33. The highest BCUT2D eigenvalue weighted by molar-refractivity contribution is 5.86. The summed E-state index contributed by atoms with van der Waals surface area (Å²) in [4.78, 5) is 14.2.